The minimum atomic E-state index is -0.448. The summed E-state index contributed by atoms with van der Waals surface area (Å²) >= 11 is 0. The second-order valence-corrected chi connectivity index (χ2v) is 5.54. The maximum atomic E-state index is 11.9. The van der Waals surface area contributed by atoms with Gasteiger partial charge in [0.1, 0.15) is 11.2 Å². The van der Waals surface area contributed by atoms with Crippen LogP contribution in [0.25, 0.3) is 0 Å². The SMILES string of the molecule is CC#CC1(OC)CCN(C(=O)OC(C)(C)C)CC1. The summed E-state index contributed by atoms with van der Waals surface area (Å²) < 4.78 is 10.8. The van der Waals surface area contributed by atoms with Crippen molar-refractivity contribution in [1.29, 1.82) is 0 Å². The molecule has 0 aliphatic carbocycles. The number of likely N-dealkylation sites (tertiary alicyclic amines) is 1. The Morgan fingerprint density at radius 1 is 1.28 bits per heavy atom. The van der Waals surface area contributed by atoms with Gasteiger partial charge in [0.25, 0.3) is 0 Å². The zero-order chi connectivity index (χ0) is 13.8. The van der Waals surface area contributed by atoms with Crippen LogP contribution in [-0.2, 0) is 9.47 Å². The van der Waals surface area contributed by atoms with Gasteiger partial charge >= 0.3 is 6.09 Å². The van der Waals surface area contributed by atoms with Crippen LogP contribution < -0.4 is 0 Å². The fraction of sp³-hybridized carbons (Fsp3) is 0.786. The first kappa shape index (κ1) is 14.8. The molecule has 1 saturated heterocycles. The minimum absolute atomic E-state index is 0.253. The highest BCUT2D eigenvalue weighted by Crippen LogP contribution is 2.26. The van der Waals surface area contributed by atoms with Crippen LogP contribution in [0.5, 0.6) is 0 Å². The van der Waals surface area contributed by atoms with E-state index in [2.05, 4.69) is 11.8 Å². The molecule has 1 fully saturated rings. The molecule has 0 bridgehead atoms. The van der Waals surface area contributed by atoms with E-state index in [4.69, 9.17) is 9.47 Å². The van der Waals surface area contributed by atoms with Crippen LogP contribution in [0.2, 0.25) is 0 Å². The third-order valence-corrected chi connectivity index (χ3v) is 2.97. The number of ether oxygens (including phenoxy) is 2. The minimum Gasteiger partial charge on any atom is -0.444 e. The van der Waals surface area contributed by atoms with E-state index in [1.54, 1.807) is 18.9 Å². The van der Waals surface area contributed by atoms with Gasteiger partial charge in [0.05, 0.1) is 0 Å². The summed E-state index contributed by atoms with van der Waals surface area (Å²) in [5.74, 6) is 6.01. The average molecular weight is 253 g/mol. The topological polar surface area (TPSA) is 38.8 Å². The van der Waals surface area contributed by atoms with Crippen molar-refractivity contribution in [3.8, 4) is 11.8 Å². The summed E-state index contributed by atoms with van der Waals surface area (Å²) in [5.41, 5.74) is -0.844. The number of rotatable bonds is 1. The number of amides is 1. The Bertz CT molecular complexity index is 351. The van der Waals surface area contributed by atoms with Crippen molar-refractivity contribution in [2.24, 2.45) is 0 Å². The zero-order valence-corrected chi connectivity index (χ0v) is 12.0. The summed E-state index contributed by atoms with van der Waals surface area (Å²) in [7, 11) is 1.67. The fourth-order valence-electron chi connectivity index (χ4n) is 1.98. The molecule has 0 aromatic heterocycles. The van der Waals surface area contributed by atoms with E-state index in [-0.39, 0.29) is 6.09 Å². The first-order valence-electron chi connectivity index (χ1n) is 6.29. The number of carbonyl (C=O) groups is 1. The molecule has 0 spiro atoms. The molecule has 0 aromatic carbocycles. The van der Waals surface area contributed by atoms with Crippen LogP contribution in [0.15, 0.2) is 0 Å². The molecule has 1 heterocycles. The molecule has 4 nitrogen and oxygen atoms in total. The van der Waals surface area contributed by atoms with E-state index in [0.29, 0.717) is 13.1 Å². The van der Waals surface area contributed by atoms with Gasteiger partial charge in [0.15, 0.2) is 0 Å². The van der Waals surface area contributed by atoms with Crippen molar-refractivity contribution in [1.82, 2.24) is 4.90 Å². The van der Waals surface area contributed by atoms with E-state index < -0.39 is 11.2 Å². The molecule has 0 aromatic rings. The van der Waals surface area contributed by atoms with Gasteiger partial charge in [-0.05, 0) is 27.7 Å². The largest absolute Gasteiger partial charge is 0.444 e. The second kappa shape index (κ2) is 5.62. The number of hydrogen-bond donors (Lipinski definition) is 0. The monoisotopic (exact) mass is 253 g/mol. The molecule has 1 aliphatic rings. The van der Waals surface area contributed by atoms with Gasteiger partial charge < -0.3 is 14.4 Å². The highest BCUT2D eigenvalue weighted by atomic mass is 16.6. The normalized spacial score (nSPS) is 18.8. The van der Waals surface area contributed by atoms with E-state index in [1.807, 2.05) is 20.8 Å². The first-order chi connectivity index (χ1) is 8.32. The Morgan fingerprint density at radius 3 is 2.22 bits per heavy atom. The van der Waals surface area contributed by atoms with Gasteiger partial charge in [-0.25, -0.2) is 4.79 Å². The first-order valence-corrected chi connectivity index (χ1v) is 6.29. The number of nitrogens with zero attached hydrogens (tertiary/aromatic N) is 1. The van der Waals surface area contributed by atoms with Crippen LogP contribution >= 0.6 is 0 Å². The van der Waals surface area contributed by atoms with Crippen LogP contribution in [0.1, 0.15) is 40.5 Å². The van der Waals surface area contributed by atoms with E-state index in [1.165, 1.54) is 0 Å². The van der Waals surface area contributed by atoms with Crippen molar-refractivity contribution >= 4 is 6.09 Å². The maximum Gasteiger partial charge on any atom is 0.410 e. The van der Waals surface area contributed by atoms with Gasteiger partial charge in [-0.3, -0.25) is 0 Å². The molecule has 0 radical (unpaired) electrons. The Kier molecular flexibility index (Phi) is 4.64. The van der Waals surface area contributed by atoms with Gasteiger partial charge in [-0.15, -0.1) is 5.92 Å². The maximum absolute atomic E-state index is 11.9. The third kappa shape index (κ3) is 3.92. The van der Waals surface area contributed by atoms with Crippen LogP contribution in [-0.4, -0.2) is 42.4 Å². The summed E-state index contributed by atoms with van der Waals surface area (Å²) in [6.45, 7) is 8.67. The molecule has 102 valence electrons. The standard InChI is InChI=1S/C14H23NO3/c1-6-7-14(17-5)8-10-15(11-9-14)12(16)18-13(2,3)4/h8-11H2,1-5H3. The van der Waals surface area contributed by atoms with Crippen LogP contribution in [0.3, 0.4) is 0 Å². The number of piperidine rings is 1. The predicted octanol–water partition coefficient (Wildman–Crippen LogP) is 2.43. The highest BCUT2D eigenvalue weighted by Gasteiger charge is 2.35. The summed E-state index contributed by atoms with van der Waals surface area (Å²) in [5, 5.41) is 0. The fourth-order valence-corrected chi connectivity index (χ4v) is 1.98. The second-order valence-electron chi connectivity index (χ2n) is 5.54. The number of methoxy groups -OCH3 is 1. The Balaban J connectivity index is 2.57. The lowest BCUT2D eigenvalue weighted by atomic mass is 9.92. The molecular weight excluding hydrogens is 230 g/mol. The molecule has 1 aliphatic heterocycles. The smallest absolute Gasteiger partial charge is 0.410 e. The zero-order valence-electron chi connectivity index (χ0n) is 12.0. The number of hydrogen-bond acceptors (Lipinski definition) is 3. The van der Waals surface area contributed by atoms with Crippen LogP contribution in [0, 0.1) is 11.8 Å². The van der Waals surface area contributed by atoms with E-state index in [0.717, 1.165) is 12.8 Å². The Labute approximate surface area is 110 Å². The average Bonchev–Trinajstić information content (AvgIpc) is 2.28. The molecular formula is C14H23NO3. The molecule has 0 atom stereocenters. The highest BCUT2D eigenvalue weighted by molar-refractivity contribution is 5.68. The van der Waals surface area contributed by atoms with Crippen LogP contribution in [0.4, 0.5) is 4.79 Å². The molecule has 4 heteroatoms. The van der Waals surface area contributed by atoms with E-state index >= 15 is 0 Å². The molecule has 0 saturated carbocycles. The third-order valence-electron chi connectivity index (χ3n) is 2.97. The van der Waals surface area contributed by atoms with Gasteiger partial charge in [0.2, 0.25) is 0 Å². The van der Waals surface area contributed by atoms with Crippen molar-refractivity contribution in [2.75, 3.05) is 20.2 Å². The van der Waals surface area contributed by atoms with Gasteiger partial charge in [0, 0.05) is 33.0 Å². The quantitative estimate of drug-likeness (QED) is 0.674. The summed E-state index contributed by atoms with van der Waals surface area (Å²) in [6, 6.07) is 0. The lowest BCUT2D eigenvalue weighted by Crippen LogP contribution is -2.48. The van der Waals surface area contributed by atoms with Gasteiger partial charge in [-0.2, -0.15) is 0 Å². The van der Waals surface area contributed by atoms with Crippen molar-refractivity contribution in [3.63, 3.8) is 0 Å². The summed E-state index contributed by atoms with van der Waals surface area (Å²) in [4.78, 5) is 13.6. The lowest BCUT2D eigenvalue weighted by Gasteiger charge is -2.38. The molecule has 0 unspecified atom stereocenters. The molecule has 1 rings (SSSR count). The van der Waals surface area contributed by atoms with Gasteiger partial charge in [-0.1, -0.05) is 5.92 Å². The van der Waals surface area contributed by atoms with Crippen molar-refractivity contribution in [2.45, 2.75) is 51.7 Å². The Hall–Kier alpha value is -1.21. The molecule has 1 amide bonds. The number of carbonyl (C=O) groups excluding carboxylic acids is 1. The lowest BCUT2D eigenvalue weighted by molar-refractivity contribution is -0.0251. The van der Waals surface area contributed by atoms with Crippen molar-refractivity contribution < 1.29 is 14.3 Å². The Morgan fingerprint density at radius 2 is 1.83 bits per heavy atom. The van der Waals surface area contributed by atoms with Crippen molar-refractivity contribution in [3.05, 3.63) is 0 Å². The molecule has 18 heavy (non-hydrogen) atoms. The van der Waals surface area contributed by atoms with E-state index in [9.17, 15) is 4.79 Å². The molecule has 0 N–H and O–H groups in total. The summed E-state index contributed by atoms with van der Waals surface area (Å²) in [6.07, 6.45) is 1.20. The predicted molar refractivity (Wildman–Crippen MR) is 70.2 cm³/mol.